The van der Waals surface area contributed by atoms with Gasteiger partial charge in [0.15, 0.2) is 0 Å². The van der Waals surface area contributed by atoms with Crippen molar-refractivity contribution < 1.29 is 4.79 Å². The number of likely N-dealkylation sites (tertiary alicyclic amines) is 1. The molecule has 0 aromatic rings. The summed E-state index contributed by atoms with van der Waals surface area (Å²) in [5.74, 6) is 0.383. The summed E-state index contributed by atoms with van der Waals surface area (Å²) in [6.07, 6.45) is 5.39. The van der Waals surface area contributed by atoms with Crippen LogP contribution in [0.4, 0.5) is 0 Å². The van der Waals surface area contributed by atoms with Crippen molar-refractivity contribution in [2.24, 2.45) is 10.8 Å². The quantitative estimate of drug-likeness (QED) is 0.704. The van der Waals surface area contributed by atoms with Gasteiger partial charge in [-0.15, -0.1) is 0 Å². The first-order chi connectivity index (χ1) is 7.35. The Bertz CT molecular complexity index is 297. The van der Waals surface area contributed by atoms with E-state index in [4.69, 9.17) is 0 Å². The lowest BCUT2D eigenvalue weighted by atomic mass is 9.65. The molecule has 2 atom stereocenters. The van der Waals surface area contributed by atoms with Crippen LogP contribution in [-0.4, -0.2) is 23.4 Å². The van der Waals surface area contributed by atoms with Crippen molar-refractivity contribution in [2.45, 2.75) is 65.8 Å². The van der Waals surface area contributed by atoms with Gasteiger partial charge in [0.05, 0.1) is 0 Å². The maximum absolute atomic E-state index is 12.1. The maximum Gasteiger partial charge on any atom is 0.222 e. The minimum absolute atomic E-state index is 0.383. The highest BCUT2D eigenvalue weighted by atomic mass is 16.2. The van der Waals surface area contributed by atoms with Crippen LogP contribution in [0, 0.1) is 10.8 Å². The average molecular weight is 223 g/mol. The molecule has 1 saturated heterocycles. The number of hydrogen-bond acceptors (Lipinski definition) is 1. The number of nitrogens with zero attached hydrogens (tertiary/aromatic N) is 1. The van der Waals surface area contributed by atoms with Crippen molar-refractivity contribution in [3.05, 3.63) is 0 Å². The zero-order valence-electron chi connectivity index (χ0n) is 11.2. The van der Waals surface area contributed by atoms with Gasteiger partial charge in [-0.2, -0.15) is 0 Å². The second kappa shape index (κ2) is 3.75. The Morgan fingerprint density at radius 3 is 2.62 bits per heavy atom. The van der Waals surface area contributed by atoms with Crippen LogP contribution >= 0.6 is 0 Å². The SMILES string of the molecule is CCCC(=O)N1C[C@@]2(C)C[C@H]1CC(C)(C)C2. The summed E-state index contributed by atoms with van der Waals surface area (Å²) in [5, 5.41) is 0. The molecule has 2 nitrogen and oxygen atoms in total. The van der Waals surface area contributed by atoms with Crippen LogP contribution in [-0.2, 0) is 4.79 Å². The first kappa shape index (κ1) is 11.9. The normalized spacial score (nSPS) is 36.5. The Kier molecular flexibility index (Phi) is 2.80. The molecular formula is C14H25NO. The highest BCUT2D eigenvalue weighted by molar-refractivity contribution is 5.77. The maximum atomic E-state index is 12.1. The Morgan fingerprint density at radius 2 is 2.00 bits per heavy atom. The van der Waals surface area contributed by atoms with Crippen molar-refractivity contribution in [1.29, 1.82) is 0 Å². The Labute approximate surface area is 99.4 Å². The predicted molar refractivity (Wildman–Crippen MR) is 66.1 cm³/mol. The van der Waals surface area contributed by atoms with E-state index in [0.29, 0.717) is 22.8 Å². The molecular weight excluding hydrogens is 198 g/mol. The van der Waals surface area contributed by atoms with Gasteiger partial charge in [0.25, 0.3) is 0 Å². The Balaban J connectivity index is 2.13. The van der Waals surface area contributed by atoms with E-state index in [1.54, 1.807) is 0 Å². The zero-order valence-corrected chi connectivity index (χ0v) is 11.2. The van der Waals surface area contributed by atoms with Crippen molar-refractivity contribution >= 4 is 5.91 Å². The first-order valence-corrected chi connectivity index (χ1v) is 6.65. The molecule has 2 fully saturated rings. The van der Waals surface area contributed by atoms with Crippen molar-refractivity contribution in [1.82, 2.24) is 4.90 Å². The van der Waals surface area contributed by atoms with Crippen molar-refractivity contribution in [3.63, 3.8) is 0 Å². The molecule has 2 heteroatoms. The van der Waals surface area contributed by atoms with Gasteiger partial charge in [0.2, 0.25) is 5.91 Å². The number of fused-ring (bicyclic) bond motifs is 2. The summed E-state index contributed by atoms with van der Waals surface area (Å²) in [6.45, 7) is 10.2. The molecule has 1 aliphatic heterocycles. The van der Waals surface area contributed by atoms with E-state index in [1.807, 2.05) is 0 Å². The van der Waals surface area contributed by atoms with E-state index in [9.17, 15) is 4.79 Å². The van der Waals surface area contributed by atoms with Crippen LogP contribution < -0.4 is 0 Å². The van der Waals surface area contributed by atoms with Gasteiger partial charge in [-0.1, -0.05) is 27.7 Å². The smallest absolute Gasteiger partial charge is 0.222 e. The van der Waals surface area contributed by atoms with E-state index >= 15 is 0 Å². The van der Waals surface area contributed by atoms with Gasteiger partial charge in [-0.25, -0.2) is 0 Å². The van der Waals surface area contributed by atoms with Gasteiger partial charge >= 0.3 is 0 Å². The van der Waals surface area contributed by atoms with E-state index < -0.39 is 0 Å². The first-order valence-electron chi connectivity index (χ1n) is 6.65. The molecule has 0 radical (unpaired) electrons. The lowest BCUT2D eigenvalue weighted by Crippen LogP contribution is -2.37. The number of carbonyl (C=O) groups excluding carboxylic acids is 1. The molecule has 2 rings (SSSR count). The van der Waals surface area contributed by atoms with Gasteiger partial charge in [0, 0.05) is 19.0 Å². The highest BCUT2D eigenvalue weighted by Crippen LogP contribution is 2.52. The average Bonchev–Trinajstić information content (AvgIpc) is 2.35. The van der Waals surface area contributed by atoms with Crippen LogP contribution in [0.5, 0.6) is 0 Å². The molecule has 0 aromatic heterocycles. The molecule has 2 bridgehead atoms. The minimum Gasteiger partial charge on any atom is -0.339 e. The summed E-state index contributed by atoms with van der Waals surface area (Å²) in [6, 6.07) is 0.521. The van der Waals surface area contributed by atoms with Crippen LogP contribution in [0.3, 0.4) is 0 Å². The summed E-state index contributed by atoms with van der Waals surface area (Å²) >= 11 is 0. The fraction of sp³-hybridized carbons (Fsp3) is 0.929. The topological polar surface area (TPSA) is 20.3 Å². The Hall–Kier alpha value is -0.530. The minimum atomic E-state index is 0.383. The number of carbonyl (C=O) groups is 1. The molecule has 0 spiro atoms. The van der Waals surface area contributed by atoms with Crippen LogP contribution in [0.1, 0.15) is 59.8 Å². The molecule has 0 N–H and O–H groups in total. The van der Waals surface area contributed by atoms with Gasteiger partial charge in [-0.05, 0) is 36.5 Å². The second-order valence-corrected chi connectivity index (χ2v) is 6.99. The molecule has 92 valence electrons. The third-order valence-electron chi connectivity index (χ3n) is 4.20. The number of rotatable bonds is 2. The third-order valence-corrected chi connectivity index (χ3v) is 4.20. The van der Waals surface area contributed by atoms with Gasteiger partial charge in [0.1, 0.15) is 0 Å². The summed E-state index contributed by atoms with van der Waals surface area (Å²) < 4.78 is 0. The Morgan fingerprint density at radius 1 is 1.31 bits per heavy atom. The largest absolute Gasteiger partial charge is 0.339 e. The van der Waals surface area contributed by atoms with E-state index in [-0.39, 0.29) is 0 Å². The van der Waals surface area contributed by atoms with Crippen LogP contribution in [0.15, 0.2) is 0 Å². The molecule has 1 saturated carbocycles. The molecule has 2 aliphatic rings. The number of amides is 1. The molecule has 16 heavy (non-hydrogen) atoms. The zero-order chi connectivity index (χ0) is 12.0. The second-order valence-electron chi connectivity index (χ2n) is 6.99. The van der Waals surface area contributed by atoms with E-state index in [2.05, 4.69) is 32.6 Å². The lowest BCUT2D eigenvalue weighted by Gasteiger charge is -2.39. The van der Waals surface area contributed by atoms with E-state index in [0.717, 1.165) is 19.4 Å². The number of hydrogen-bond donors (Lipinski definition) is 0. The molecule has 1 amide bonds. The molecule has 0 aromatic carbocycles. The standard InChI is InChI=1S/C14H25NO/c1-5-6-12(16)15-10-14(4)8-11(15)7-13(2,3)9-14/h11H,5-10H2,1-4H3/t11-,14+/m1/s1. The van der Waals surface area contributed by atoms with Crippen molar-refractivity contribution in [3.8, 4) is 0 Å². The summed E-state index contributed by atoms with van der Waals surface area (Å²) in [7, 11) is 0. The lowest BCUT2D eigenvalue weighted by molar-refractivity contribution is -0.132. The van der Waals surface area contributed by atoms with Gasteiger partial charge in [-0.3, -0.25) is 4.79 Å². The van der Waals surface area contributed by atoms with Crippen LogP contribution in [0.25, 0.3) is 0 Å². The predicted octanol–water partition coefficient (Wildman–Crippen LogP) is 3.21. The summed E-state index contributed by atoms with van der Waals surface area (Å²) in [5.41, 5.74) is 0.800. The molecule has 1 aliphatic carbocycles. The van der Waals surface area contributed by atoms with Crippen molar-refractivity contribution in [2.75, 3.05) is 6.54 Å². The van der Waals surface area contributed by atoms with E-state index in [1.165, 1.54) is 19.3 Å². The fourth-order valence-corrected chi connectivity index (χ4v) is 4.11. The fourth-order valence-electron chi connectivity index (χ4n) is 4.11. The molecule has 0 unspecified atom stereocenters. The summed E-state index contributed by atoms with van der Waals surface area (Å²) in [4.78, 5) is 14.2. The monoisotopic (exact) mass is 223 g/mol. The highest BCUT2D eigenvalue weighted by Gasteiger charge is 2.50. The molecule has 1 heterocycles. The van der Waals surface area contributed by atoms with Gasteiger partial charge < -0.3 is 4.90 Å². The third kappa shape index (κ3) is 2.11. The van der Waals surface area contributed by atoms with Crippen LogP contribution in [0.2, 0.25) is 0 Å².